The van der Waals surface area contributed by atoms with E-state index in [0.29, 0.717) is 11.8 Å². The number of halogens is 2. The molecule has 1 amide bonds. The van der Waals surface area contributed by atoms with Crippen LogP contribution in [-0.2, 0) is 11.3 Å². The molecule has 1 aromatic carbocycles. The zero-order chi connectivity index (χ0) is 16.8. The van der Waals surface area contributed by atoms with Crippen LogP contribution < -0.4 is 5.32 Å². The molecule has 6 heteroatoms. The minimum absolute atomic E-state index is 0. The number of hydrogen-bond donors (Lipinski definition) is 1. The highest BCUT2D eigenvalue weighted by atomic mass is 35.5. The summed E-state index contributed by atoms with van der Waals surface area (Å²) in [6, 6.07) is 10.6. The van der Waals surface area contributed by atoms with Crippen molar-refractivity contribution in [1.82, 2.24) is 15.1 Å². The second kappa shape index (κ2) is 11.8. The number of hydrogen-bond acceptors (Lipinski definition) is 3. The molecule has 26 heavy (non-hydrogen) atoms. The van der Waals surface area contributed by atoms with Gasteiger partial charge in [-0.3, -0.25) is 9.69 Å². The van der Waals surface area contributed by atoms with Gasteiger partial charge >= 0.3 is 0 Å². The highest BCUT2D eigenvalue weighted by Crippen LogP contribution is 2.24. The van der Waals surface area contributed by atoms with Crippen LogP contribution in [0.5, 0.6) is 0 Å². The van der Waals surface area contributed by atoms with E-state index in [0.717, 1.165) is 58.5 Å². The molecule has 0 aliphatic carbocycles. The maximum atomic E-state index is 13.0. The Balaban J connectivity index is 0.00000169. The van der Waals surface area contributed by atoms with E-state index in [1.54, 1.807) is 0 Å². The zero-order valence-electron chi connectivity index (χ0n) is 15.7. The number of amides is 1. The summed E-state index contributed by atoms with van der Waals surface area (Å²) in [7, 11) is 2.00. The maximum Gasteiger partial charge on any atom is 0.226 e. The molecule has 3 rings (SSSR count). The molecule has 0 saturated carbocycles. The third-order valence-corrected chi connectivity index (χ3v) is 5.43. The monoisotopic (exact) mass is 401 g/mol. The van der Waals surface area contributed by atoms with Crippen molar-refractivity contribution in [2.45, 2.75) is 32.2 Å². The van der Waals surface area contributed by atoms with E-state index in [-0.39, 0.29) is 30.7 Å². The fourth-order valence-electron chi connectivity index (χ4n) is 4.22. The van der Waals surface area contributed by atoms with Crippen LogP contribution in [0, 0.1) is 11.8 Å². The Morgan fingerprint density at radius 1 is 1.08 bits per heavy atom. The molecule has 2 aliphatic rings. The number of nitrogens with one attached hydrogen (secondary N) is 1. The van der Waals surface area contributed by atoms with Crippen molar-refractivity contribution in [2.75, 3.05) is 39.8 Å². The van der Waals surface area contributed by atoms with Gasteiger partial charge in [0.15, 0.2) is 0 Å². The SMILES string of the molecule is CNCC1CCCN(C(=O)C2CCCN(Cc3ccccc3)C2)C1.Cl.Cl. The maximum absolute atomic E-state index is 13.0. The average Bonchev–Trinajstić information content (AvgIpc) is 2.63. The predicted octanol–water partition coefficient (Wildman–Crippen LogP) is 3.20. The van der Waals surface area contributed by atoms with Crippen LogP contribution >= 0.6 is 24.8 Å². The van der Waals surface area contributed by atoms with Gasteiger partial charge in [-0.05, 0) is 57.3 Å². The fraction of sp³-hybridized carbons (Fsp3) is 0.650. The molecule has 1 N–H and O–H groups in total. The summed E-state index contributed by atoms with van der Waals surface area (Å²) in [5.41, 5.74) is 1.35. The van der Waals surface area contributed by atoms with E-state index >= 15 is 0 Å². The lowest BCUT2D eigenvalue weighted by molar-refractivity contribution is -0.139. The number of carbonyl (C=O) groups excluding carboxylic acids is 1. The molecule has 2 unspecified atom stereocenters. The summed E-state index contributed by atoms with van der Waals surface area (Å²) in [6.07, 6.45) is 4.59. The molecule has 0 bridgehead atoms. The van der Waals surface area contributed by atoms with E-state index in [1.807, 2.05) is 7.05 Å². The van der Waals surface area contributed by atoms with Crippen LogP contribution in [0.1, 0.15) is 31.2 Å². The smallest absolute Gasteiger partial charge is 0.226 e. The first kappa shape index (κ1) is 23.2. The second-order valence-corrected chi connectivity index (χ2v) is 7.41. The molecule has 2 saturated heterocycles. The van der Waals surface area contributed by atoms with E-state index < -0.39 is 0 Å². The Morgan fingerprint density at radius 3 is 2.54 bits per heavy atom. The molecule has 148 valence electrons. The lowest BCUT2D eigenvalue weighted by Crippen LogP contribution is -2.48. The van der Waals surface area contributed by atoms with Crippen molar-refractivity contribution in [1.29, 1.82) is 0 Å². The number of likely N-dealkylation sites (tertiary alicyclic amines) is 2. The van der Waals surface area contributed by atoms with Gasteiger partial charge in [0.1, 0.15) is 0 Å². The van der Waals surface area contributed by atoms with Crippen molar-refractivity contribution >= 4 is 30.7 Å². The lowest BCUT2D eigenvalue weighted by atomic mass is 9.92. The van der Waals surface area contributed by atoms with E-state index in [2.05, 4.69) is 45.4 Å². The number of benzene rings is 1. The van der Waals surface area contributed by atoms with Crippen molar-refractivity contribution in [3.63, 3.8) is 0 Å². The van der Waals surface area contributed by atoms with Gasteiger partial charge in [0.25, 0.3) is 0 Å². The summed E-state index contributed by atoms with van der Waals surface area (Å²) in [5, 5.41) is 3.26. The summed E-state index contributed by atoms with van der Waals surface area (Å²) in [4.78, 5) is 17.6. The van der Waals surface area contributed by atoms with Crippen molar-refractivity contribution in [3.8, 4) is 0 Å². The van der Waals surface area contributed by atoms with E-state index in [9.17, 15) is 4.79 Å². The summed E-state index contributed by atoms with van der Waals surface area (Å²) >= 11 is 0. The Kier molecular flexibility index (Phi) is 10.6. The Labute approximate surface area is 170 Å². The van der Waals surface area contributed by atoms with Crippen LogP contribution in [0.4, 0.5) is 0 Å². The van der Waals surface area contributed by atoms with Gasteiger partial charge in [0.2, 0.25) is 5.91 Å². The van der Waals surface area contributed by atoms with Gasteiger partial charge in [-0.15, -0.1) is 24.8 Å². The lowest BCUT2D eigenvalue weighted by Gasteiger charge is -2.38. The number of rotatable bonds is 5. The number of piperidine rings is 2. The van der Waals surface area contributed by atoms with Gasteiger partial charge in [-0.2, -0.15) is 0 Å². The minimum Gasteiger partial charge on any atom is -0.342 e. The van der Waals surface area contributed by atoms with Crippen LogP contribution in [0.15, 0.2) is 30.3 Å². The average molecular weight is 402 g/mol. The largest absolute Gasteiger partial charge is 0.342 e. The third kappa shape index (κ3) is 6.41. The normalized spacial score (nSPS) is 23.7. The van der Waals surface area contributed by atoms with Gasteiger partial charge in [0, 0.05) is 26.2 Å². The summed E-state index contributed by atoms with van der Waals surface area (Å²) < 4.78 is 0. The Bertz CT molecular complexity index is 527. The van der Waals surface area contributed by atoms with Crippen molar-refractivity contribution in [3.05, 3.63) is 35.9 Å². The van der Waals surface area contributed by atoms with Gasteiger partial charge in [0.05, 0.1) is 5.92 Å². The fourth-order valence-corrected chi connectivity index (χ4v) is 4.22. The molecule has 0 aromatic heterocycles. The summed E-state index contributed by atoms with van der Waals surface area (Å²) in [5.74, 6) is 1.21. The highest BCUT2D eigenvalue weighted by Gasteiger charge is 2.31. The standard InChI is InChI=1S/C20H31N3O.2ClH/c1-21-13-18-9-5-12-23(15-18)20(24)19-10-6-11-22(16-19)14-17-7-3-2-4-8-17;;/h2-4,7-8,18-19,21H,5-6,9-16H2,1H3;2*1H. The molecule has 2 heterocycles. The highest BCUT2D eigenvalue weighted by molar-refractivity contribution is 5.85. The van der Waals surface area contributed by atoms with Gasteiger partial charge in [-0.1, -0.05) is 30.3 Å². The minimum atomic E-state index is 0. The van der Waals surface area contributed by atoms with Crippen molar-refractivity contribution in [2.24, 2.45) is 11.8 Å². The quantitative estimate of drug-likeness (QED) is 0.822. The van der Waals surface area contributed by atoms with Crippen molar-refractivity contribution < 1.29 is 4.79 Å². The molecule has 2 atom stereocenters. The summed E-state index contributed by atoms with van der Waals surface area (Å²) in [6.45, 7) is 5.91. The van der Waals surface area contributed by atoms with Crippen LogP contribution in [0.2, 0.25) is 0 Å². The Morgan fingerprint density at radius 2 is 1.81 bits per heavy atom. The topological polar surface area (TPSA) is 35.6 Å². The molecule has 0 radical (unpaired) electrons. The molecular formula is C20H33Cl2N3O. The van der Waals surface area contributed by atoms with Gasteiger partial charge < -0.3 is 10.2 Å². The first-order valence-electron chi connectivity index (χ1n) is 9.46. The molecule has 2 fully saturated rings. The molecule has 4 nitrogen and oxygen atoms in total. The number of nitrogens with zero attached hydrogens (tertiary/aromatic N) is 2. The van der Waals surface area contributed by atoms with Gasteiger partial charge in [-0.25, -0.2) is 0 Å². The molecule has 2 aliphatic heterocycles. The van der Waals surface area contributed by atoms with E-state index in [1.165, 1.54) is 12.0 Å². The van der Waals surface area contributed by atoms with Crippen LogP contribution in [0.25, 0.3) is 0 Å². The molecular weight excluding hydrogens is 369 g/mol. The number of carbonyl (C=O) groups is 1. The third-order valence-electron chi connectivity index (χ3n) is 5.43. The van der Waals surface area contributed by atoms with Crippen LogP contribution in [0.3, 0.4) is 0 Å². The molecule has 0 spiro atoms. The van der Waals surface area contributed by atoms with E-state index in [4.69, 9.17) is 0 Å². The van der Waals surface area contributed by atoms with Crippen LogP contribution in [-0.4, -0.2) is 55.5 Å². The first-order valence-corrected chi connectivity index (χ1v) is 9.46. The second-order valence-electron chi connectivity index (χ2n) is 7.41. The predicted molar refractivity (Wildman–Crippen MR) is 112 cm³/mol. The zero-order valence-corrected chi connectivity index (χ0v) is 17.4. The first-order chi connectivity index (χ1) is 11.8. The molecule has 1 aromatic rings. The Hall–Kier alpha value is -0.810.